The molecular weight excluding hydrogens is 214 g/mol. The zero-order valence-corrected chi connectivity index (χ0v) is 10.7. The van der Waals surface area contributed by atoms with E-state index in [4.69, 9.17) is 0 Å². The summed E-state index contributed by atoms with van der Waals surface area (Å²) in [7, 11) is 0. The Hall–Kier alpha value is -0.470. The molecule has 2 rings (SSSR count). The largest absolute Gasteiger partial charge is 0.303 e. The van der Waals surface area contributed by atoms with Gasteiger partial charge in [0, 0.05) is 17.2 Å². The first-order valence-corrected chi connectivity index (χ1v) is 7.34. The molecule has 0 spiro atoms. The molecule has 1 heterocycles. The van der Waals surface area contributed by atoms with Crippen LogP contribution in [-0.4, -0.2) is 30.3 Å². The van der Waals surface area contributed by atoms with Gasteiger partial charge in [-0.1, -0.05) is 31.0 Å². The third-order valence-corrected chi connectivity index (χ3v) is 4.11. The van der Waals surface area contributed by atoms with Crippen molar-refractivity contribution in [1.82, 2.24) is 4.90 Å². The molecule has 1 saturated heterocycles. The first-order chi connectivity index (χ1) is 7.95. The lowest BCUT2D eigenvalue weighted by Crippen LogP contribution is -2.26. The van der Waals surface area contributed by atoms with E-state index in [2.05, 4.69) is 35.2 Å². The highest BCUT2D eigenvalue weighted by atomic mass is 32.2. The number of likely N-dealkylation sites (tertiary alicyclic amines) is 1. The van der Waals surface area contributed by atoms with E-state index in [-0.39, 0.29) is 0 Å². The summed E-state index contributed by atoms with van der Waals surface area (Å²) < 4.78 is 0. The second-order valence-electron chi connectivity index (χ2n) is 4.42. The van der Waals surface area contributed by atoms with Crippen molar-refractivity contribution in [2.24, 2.45) is 0 Å². The van der Waals surface area contributed by atoms with Crippen molar-refractivity contribution in [1.29, 1.82) is 0 Å². The Kier molecular flexibility index (Phi) is 5.23. The molecule has 1 fully saturated rings. The summed E-state index contributed by atoms with van der Waals surface area (Å²) in [5, 5.41) is 0. The molecule has 1 aliphatic heterocycles. The SMILES string of the molecule is c1ccc(SCCN2CCCCCC2)cc1. The fraction of sp³-hybridized carbons (Fsp3) is 0.571. The van der Waals surface area contributed by atoms with Crippen molar-refractivity contribution in [2.75, 3.05) is 25.4 Å². The first-order valence-electron chi connectivity index (χ1n) is 6.35. The Balaban J connectivity index is 1.67. The fourth-order valence-electron chi connectivity index (χ4n) is 2.17. The quantitative estimate of drug-likeness (QED) is 0.733. The Morgan fingerprint density at radius 1 is 0.938 bits per heavy atom. The third kappa shape index (κ3) is 4.18. The molecular formula is C14H21NS. The lowest BCUT2D eigenvalue weighted by Gasteiger charge is -2.19. The van der Waals surface area contributed by atoms with Crippen LogP contribution in [0.15, 0.2) is 35.2 Å². The van der Waals surface area contributed by atoms with Crippen LogP contribution in [0.4, 0.5) is 0 Å². The monoisotopic (exact) mass is 235 g/mol. The zero-order valence-electron chi connectivity index (χ0n) is 9.90. The van der Waals surface area contributed by atoms with Gasteiger partial charge in [0.05, 0.1) is 0 Å². The first kappa shape index (κ1) is 12.0. The van der Waals surface area contributed by atoms with Crippen LogP contribution in [0.25, 0.3) is 0 Å². The standard InChI is InChI=1S/C14H21NS/c1-2-7-11-15(10-6-1)12-13-16-14-8-4-3-5-9-14/h3-5,8-9H,1-2,6-7,10-13H2. The minimum absolute atomic E-state index is 1.23. The van der Waals surface area contributed by atoms with Gasteiger partial charge in [0.1, 0.15) is 0 Å². The summed E-state index contributed by atoms with van der Waals surface area (Å²) in [6.45, 7) is 3.88. The number of hydrogen-bond acceptors (Lipinski definition) is 2. The van der Waals surface area contributed by atoms with Crippen LogP contribution in [0.1, 0.15) is 25.7 Å². The minimum atomic E-state index is 1.23. The van der Waals surface area contributed by atoms with E-state index in [1.165, 1.54) is 56.0 Å². The normalized spacial score (nSPS) is 18.2. The van der Waals surface area contributed by atoms with Gasteiger partial charge in [-0.15, -0.1) is 11.8 Å². The van der Waals surface area contributed by atoms with Crippen LogP contribution < -0.4 is 0 Å². The van der Waals surface area contributed by atoms with E-state index < -0.39 is 0 Å². The van der Waals surface area contributed by atoms with Gasteiger partial charge in [0.2, 0.25) is 0 Å². The highest BCUT2D eigenvalue weighted by molar-refractivity contribution is 7.99. The molecule has 0 N–H and O–H groups in total. The van der Waals surface area contributed by atoms with Gasteiger partial charge >= 0.3 is 0 Å². The van der Waals surface area contributed by atoms with Crippen LogP contribution in [0, 0.1) is 0 Å². The molecule has 1 aromatic rings. The average Bonchev–Trinajstić information content (AvgIpc) is 2.59. The van der Waals surface area contributed by atoms with Crippen LogP contribution in [0.5, 0.6) is 0 Å². The lowest BCUT2D eigenvalue weighted by molar-refractivity contribution is 0.303. The third-order valence-electron chi connectivity index (χ3n) is 3.12. The molecule has 1 aromatic carbocycles. The summed E-state index contributed by atoms with van der Waals surface area (Å²) in [5.74, 6) is 1.23. The summed E-state index contributed by atoms with van der Waals surface area (Å²) in [6.07, 6.45) is 5.66. The summed E-state index contributed by atoms with van der Waals surface area (Å²) in [4.78, 5) is 4.03. The highest BCUT2D eigenvalue weighted by Gasteiger charge is 2.08. The predicted molar refractivity (Wildman–Crippen MR) is 72.1 cm³/mol. The van der Waals surface area contributed by atoms with Gasteiger partial charge in [-0.25, -0.2) is 0 Å². The maximum Gasteiger partial charge on any atom is 0.0108 e. The Bertz CT molecular complexity index is 278. The second-order valence-corrected chi connectivity index (χ2v) is 5.59. The molecule has 0 aliphatic carbocycles. The molecule has 88 valence electrons. The molecule has 0 atom stereocenters. The van der Waals surface area contributed by atoms with Crippen molar-refractivity contribution in [2.45, 2.75) is 30.6 Å². The van der Waals surface area contributed by atoms with Crippen LogP contribution in [0.3, 0.4) is 0 Å². The minimum Gasteiger partial charge on any atom is -0.303 e. The molecule has 0 unspecified atom stereocenters. The van der Waals surface area contributed by atoms with Crippen molar-refractivity contribution in [3.63, 3.8) is 0 Å². The van der Waals surface area contributed by atoms with Crippen molar-refractivity contribution >= 4 is 11.8 Å². The molecule has 0 amide bonds. The van der Waals surface area contributed by atoms with E-state index in [1.807, 2.05) is 11.8 Å². The Morgan fingerprint density at radius 3 is 2.31 bits per heavy atom. The van der Waals surface area contributed by atoms with E-state index >= 15 is 0 Å². The van der Waals surface area contributed by atoms with Gasteiger partial charge in [-0.3, -0.25) is 0 Å². The average molecular weight is 235 g/mol. The predicted octanol–water partition coefficient (Wildman–Crippen LogP) is 3.65. The molecule has 0 saturated carbocycles. The van der Waals surface area contributed by atoms with E-state index in [9.17, 15) is 0 Å². The zero-order chi connectivity index (χ0) is 11.1. The summed E-state index contributed by atoms with van der Waals surface area (Å²) in [6, 6.07) is 10.7. The molecule has 0 aromatic heterocycles. The van der Waals surface area contributed by atoms with Gasteiger partial charge in [0.25, 0.3) is 0 Å². The van der Waals surface area contributed by atoms with Gasteiger partial charge in [-0.2, -0.15) is 0 Å². The molecule has 2 heteroatoms. The molecule has 0 radical (unpaired) electrons. The number of rotatable bonds is 4. The second kappa shape index (κ2) is 6.97. The van der Waals surface area contributed by atoms with Crippen LogP contribution >= 0.6 is 11.8 Å². The Labute approximate surface area is 103 Å². The van der Waals surface area contributed by atoms with Gasteiger partial charge in [0.15, 0.2) is 0 Å². The maximum atomic E-state index is 2.63. The molecule has 1 nitrogen and oxygen atoms in total. The number of hydrogen-bond donors (Lipinski definition) is 0. The summed E-state index contributed by atoms with van der Waals surface area (Å²) >= 11 is 1.98. The van der Waals surface area contributed by atoms with E-state index in [0.29, 0.717) is 0 Å². The Morgan fingerprint density at radius 2 is 1.62 bits per heavy atom. The van der Waals surface area contributed by atoms with Crippen LogP contribution in [0.2, 0.25) is 0 Å². The molecule has 16 heavy (non-hydrogen) atoms. The fourth-order valence-corrected chi connectivity index (χ4v) is 3.10. The smallest absolute Gasteiger partial charge is 0.0108 e. The molecule has 1 aliphatic rings. The lowest BCUT2D eigenvalue weighted by atomic mass is 10.2. The highest BCUT2D eigenvalue weighted by Crippen LogP contribution is 2.17. The topological polar surface area (TPSA) is 3.24 Å². The number of nitrogens with zero attached hydrogens (tertiary/aromatic N) is 1. The van der Waals surface area contributed by atoms with E-state index in [0.717, 1.165) is 0 Å². The van der Waals surface area contributed by atoms with E-state index in [1.54, 1.807) is 0 Å². The van der Waals surface area contributed by atoms with Gasteiger partial charge in [-0.05, 0) is 38.1 Å². The van der Waals surface area contributed by atoms with Crippen molar-refractivity contribution in [3.8, 4) is 0 Å². The van der Waals surface area contributed by atoms with Crippen molar-refractivity contribution in [3.05, 3.63) is 30.3 Å². The van der Waals surface area contributed by atoms with Crippen LogP contribution in [-0.2, 0) is 0 Å². The molecule has 0 bridgehead atoms. The maximum absolute atomic E-state index is 2.63. The summed E-state index contributed by atoms with van der Waals surface area (Å²) in [5.41, 5.74) is 0. The van der Waals surface area contributed by atoms with Crippen molar-refractivity contribution < 1.29 is 0 Å². The van der Waals surface area contributed by atoms with Gasteiger partial charge < -0.3 is 4.90 Å². The number of benzene rings is 1. The number of thioether (sulfide) groups is 1.